The molecule has 4 aromatic rings. The maximum atomic E-state index is 12.8. The molecular weight excluding hydrogens is 504 g/mol. The fourth-order valence-electron chi connectivity index (χ4n) is 3.58. The first kappa shape index (κ1) is 26.2. The molecule has 0 atom stereocenters. The lowest BCUT2D eigenvalue weighted by Gasteiger charge is -2.09. The lowest BCUT2D eigenvalue weighted by molar-refractivity contribution is -0.113. The van der Waals surface area contributed by atoms with Gasteiger partial charge in [-0.05, 0) is 49.7 Å². The van der Waals surface area contributed by atoms with Gasteiger partial charge in [0.25, 0.3) is 5.91 Å². The van der Waals surface area contributed by atoms with Gasteiger partial charge in [0.05, 0.1) is 12.9 Å². The van der Waals surface area contributed by atoms with E-state index < -0.39 is 5.97 Å². The number of amides is 2. The van der Waals surface area contributed by atoms with Crippen LogP contribution in [0.3, 0.4) is 0 Å². The van der Waals surface area contributed by atoms with Crippen LogP contribution in [0.15, 0.2) is 83.1 Å². The molecule has 0 radical (unpaired) electrons. The van der Waals surface area contributed by atoms with Crippen molar-refractivity contribution in [3.05, 3.63) is 100 Å². The smallest absolute Gasteiger partial charge is 0.341 e. The normalized spacial score (nSPS) is 10.6. The van der Waals surface area contributed by atoms with E-state index in [1.807, 2.05) is 73.8 Å². The van der Waals surface area contributed by atoms with Crippen LogP contribution in [0.25, 0.3) is 11.1 Å². The number of carbonyl (C=O) groups is 3. The van der Waals surface area contributed by atoms with Gasteiger partial charge in [0.1, 0.15) is 10.6 Å². The van der Waals surface area contributed by atoms with Crippen LogP contribution in [-0.2, 0) is 9.53 Å². The molecule has 1 heterocycles. The summed E-state index contributed by atoms with van der Waals surface area (Å²) in [7, 11) is 1.32. The molecule has 0 saturated heterocycles. The number of nitrogens with one attached hydrogen (secondary N) is 2. The Hall–Kier alpha value is -3.88. The van der Waals surface area contributed by atoms with Crippen LogP contribution in [0.5, 0.6) is 0 Å². The van der Waals surface area contributed by atoms with E-state index >= 15 is 0 Å². The van der Waals surface area contributed by atoms with Crippen molar-refractivity contribution in [1.29, 1.82) is 0 Å². The SMILES string of the molecule is COC(=O)c1c(-c2ccc(C)cc2)csc1NC(=O)CSc1cccc(NC(=O)c2ccc(C)cc2)c1. The fourth-order valence-corrected chi connectivity index (χ4v) is 5.31. The number of carbonyl (C=O) groups excluding carboxylic acids is 3. The Bertz CT molecular complexity index is 1430. The molecule has 0 unspecified atom stereocenters. The Balaban J connectivity index is 1.41. The maximum Gasteiger partial charge on any atom is 0.341 e. The minimum absolute atomic E-state index is 0.133. The number of benzene rings is 3. The monoisotopic (exact) mass is 530 g/mol. The summed E-state index contributed by atoms with van der Waals surface area (Å²) in [6.45, 7) is 3.96. The van der Waals surface area contributed by atoms with Gasteiger partial charge in [0.15, 0.2) is 0 Å². The number of thiophene rings is 1. The summed E-state index contributed by atoms with van der Waals surface area (Å²) < 4.78 is 4.99. The van der Waals surface area contributed by atoms with Crippen LogP contribution in [-0.4, -0.2) is 30.6 Å². The van der Waals surface area contributed by atoms with E-state index in [-0.39, 0.29) is 17.6 Å². The van der Waals surface area contributed by atoms with Gasteiger partial charge in [-0.3, -0.25) is 9.59 Å². The number of thioether (sulfide) groups is 1. The van der Waals surface area contributed by atoms with Crippen molar-refractivity contribution in [1.82, 2.24) is 0 Å². The van der Waals surface area contributed by atoms with E-state index in [9.17, 15) is 14.4 Å². The van der Waals surface area contributed by atoms with Crippen molar-refractivity contribution >= 4 is 51.6 Å². The Morgan fingerprint density at radius 3 is 2.24 bits per heavy atom. The zero-order valence-corrected chi connectivity index (χ0v) is 22.3. The van der Waals surface area contributed by atoms with Gasteiger partial charge in [0.2, 0.25) is 5.91 Å². The second-order valence-corrected chi connectivity index (χ2v) is 10.3. The van der Waals surface area contributed by atoms with E-state index in [1.54, 1.807) is 18.2 Å². The van der Waals surface area contributed by atoms with Crippen LogP contribution in [0, 0.1) is 13.8 Å². The number of esters is 1. The van der Waals surface area contributed by atoms with Gasteiger partial charge in [-0.1, -0.05) is 53.6 Å². The second kappa shape index (κ2) is 11.9. The minimum atomic E-state index is -0.503. The number of aryl methyl sites for hydroxylation is 2. The van der Waals surface area contributed by atoms with Crippen LogP contribution < -0.4 is 10.6 Å². The molecule has 37 heavy (non-hydrogen) atoms. The Morgan fingerprint density at radius 2 is 1.57 bits per heavy atom. The number of hydrogen-bond acceptors (Lipinski definition) is 6. The number of anilines is 2. The van der Waals surface area contributed by atoms with Crippen LogP contribution in [0.4, 0.5) is 10.7 Å². The standard InChI is InChI=1S/C29H26N2O4S2/c1-18-7-11-20(12-8-18)24-16-37-28(26(24)29(34)35-3)31-25(32)17-36-23-6-4-5-22(15-23)30-27(33)21-13-9-19(2)10-14-21/h4-16H,17H2,1-3H3,(H,30,33)(H,31,32). The van der Waals surface area contributed by atoms with Gasteiger partial charge in [-0.15, -0.1) is 23.1 Å². The van der Waals surface area contributed by atoms with Crippen molar-refractivity contribution in [3.63, 3.8) is 0 Å². The highest BCUT2D eigenvalue weighted by atomic mass is 32.2. The van der Waals surface area contributed by atoms with E-state index in [1.165, 1.54) is 30.2 Å². The second-order valence-electron chi connectivity index (χ2n) is 8.40. The molecule has 0 aliphatic heterocycles. The molecule has 0 spiro atoms. The molecule has 0 saturated carbocycles. The number of hydrogen-bond donors (Lipinski definition) is 2. The van der Waals surface area contributed by atoms with Crippen molar-refractivity contribution in [2.45, 2.75) is 18.7 Å². The van der Waals surface area contributed by atoms with E-state index in [2.05, 4.69) is 10.6 Å². The van der Waals surface area contributed by atoms with Crippen LogP contribution in [0.2, 0.25) is 0 Å². The highest BCUT2D eigenvalue weighted by molar-refractivity contribution is 8.00. The molecule has 4 rings (SSSR count). The predicted molar refractivity (Wildman–Crippen MR) is 151 cm³/mol. The predicted octanol–water partition coefficient (Wildman–Crippen LogP) is 6.80. The Morgan fingerprint density at radius 1 is 0.892 bits per heavy atom. The lowest BCUT2D eigenvalue weighted by atomic mass is 10.0. The number of methoxy groups -OCH3 is 1. The number of ether oxygens (including phenoxy) is 1. The summed E-state index contributed by atoms with van der Waals surface area (Å²) in [5, 5.41) is 8.05. The summed E-state index contributed by atoms with van der Waals surface area (Å²) in [5.41, 5.74) is 5.35. The summed E-state index contributed by atoms with van der Waals surface area (Å²) in [5.74, 6) is -0.816. The molecule has 8 heteroatoms. The van der Waals surface area contributed by atoms with E-state index in [0.717, 1.165) is 27.1 Å². The van der Waals surface area contributed by atoms with Gasteiger partial charge in [-0.25, -0.2) is 4.79 Å². The Labute approximate surface area is 224 Å². The van der Waals surface area contributed by atoms with E-state index in [0.29, 0.717) is 21.8 Å². The first-order chi connectivity index (χ1) is 17.8. The zero-order chi connectivity index (χ0) is 26.4. The fraction of sp³-hybridized carbons (Fsp3) is 0.138. The molecule has 0 bridgehead atoms. The summed E-state index contributed by atoms with van der Waals surface area (Å²) in [6.07, 6.45) is 0. The highest BCUT2D eigenvalue weighted by Gasteiger charge is 2.22. The first-order valence-electron chi connectivity index (χ1n) is 11.5. The quantitative estimate of drug-likeness (QED) is 0.193. The molecule has 1 aromatic heterocycles. The molecule has 188 valence electrons. The van der Waals surface area contributed by atoms with Crippen molar-refractivity contribution < 1.29 is 19.1 Å². The zero-order valence-electron chi connectivity index (χ0n) is 20.7. The van der Waals surface area contributed by atoms with Crippen LogP contribution in [0.1, 0.15) is 31.8 Å². The molecule has 2 amide bonds. The molecular formula is C29H26N2O4S2. The minimum Gasteiger partial charge on any atom is -0.465 e. The average Bonchev–Trinajstić information content (AvgIpc) is 3.31. The van der Waals surface area contributed by atoms with Crippen molar-refractivity contribution in [2.75, 3.05) is 23.5 Å². The lowest BCUT2D eigenvalue weighted by Crippen LogP contribution is -2.16. The first-order valence-corrected chi connectivity index (χ1v) is 13.4. The van der Waals surface area contributed by atoms with Gasteiger partial charge in [-0.2, -0.15) is 0 Å². The third-order valence-corrected chi connectivity index (χ3v) is 7.46. The van der Waals surface area contributed by atoms with Gasteiger partial charge in [0, 0.05) is 27.1 Å². The number of rotatable bonds is 8. The van der Waals surface area contributed by atoms with Crippen LogP contribution >= 0.6 is 23.1 Å². The third-order valence-electron chi connectivity index (χ3n) is 5.57. The summed E-state index contributed by atoms with van der Waals surface area (Å²) in [6, 6.07) is 22.5. The molecule has 0 fully saturated rings. The molecule has 6 nitrogen and oxygen atoms in total. The summed E-state index contributed by atoms with van der Waals surface area (Å²) >= 11 is 2.62. The topological polar surface area (TPSA) is 84.5 Å². The summed E-state index contributed by atoms with van der Waals surface area (Å²) in [4.78, 5) is 38.7. The Kier molecular flexibility index (Phi) is 8.43. The molecule has 0 aliphatic carbocycles. The average molecular weight is 531 g/mol. The van der Waals surface area contributed by atoms with E-state index in [4.69, 9.17) is 4.74 Å². The van der Waals surface area contributed by atoms with Crippen molar-refractivity contribution in [2.24, 2.45) is 0 Å². The molecule has 2 N–H and O–H groups in total. The van der Waals surface area contributed by atoms with Gasteiger partial charge >= 0.3 is 5.97 Å². The largest absolute Gasteiger partial charge is 0.465 e. The third kappa shape index (κ3) is 6.67. The van der Waals surface area contributed by atoms with Gasteiger partial charge < -0.3 is 15.4 Å². The molecule has 0 aliphatic rings. The highest BCUT2D eigenvalue weighted by Crippen LogP contribution is 2.36. The molecule has 3 aromatic carbocycles. The maximum absolute atomic E-state index is 12.8. The van der Waals surface area contributed by atoms with Crippen molar-refractivity contribution in [3.8, 4) is 11.1 Å².